The van der Waals surface area contributed by atoms with Gasteiger partial charge in [-0.1, -0.05) is 25.3 Å². The Morgan fingerprint density at radius 3 is 2.65 bits per heavy atom. The molecule has 1 aliphatic heterocycles. The molecular weight excluding hydrogens is 334 g/mol. The Labute approximate surface area is 151 Å². The third-order valence-corrected chi connectivity index (χ3v) is 5.50. The van der Waals surface area contributed by atoms with Crippen LogP contribution in [0.1, 0.15) is 61.6 Å². The van der Waals surface area contributed by atoms with Crippen molar-refractivity contribution in [2.24, 2.45) is 0 Å². The maximum absolute atomic E-state index is 12.7. The Morgan fingerprint density at radius 1 is 1.19 bits per heavy atom. The van der Waals surface area contributed by atoms with Gasteiger partial charge in [-0.3, -0.25) is 19.4 Å². The number of H-pyrrole nitrogens is 1. The molecule has 0 radical (unpaired) electrons. The molecule has 2 heterocycles. The van der Waals surface area contributed by atoms with Gasteiger partial charge in [-0.2, -0.15) is 0 Å². The molecule has 1 unspecified atom stereocenters. The van der Waals surface area contributed by atoms with Crippen molar-refractivity contribution in [2.45, 2.75) is 50.5 Å². The number of rotatable bonds is 3. The van der Waals surface area contributed by atoms with Gasteiger partial charge in [0, 0.05) is 12.3 Å². The zero-order chi connectivity index (χ0) is 18.3. The number of aromatic amines is 1. The average Bonchev–Trinajstić information content (AvgIpc) is 2.98. The lowest BCUT2D eigenvalue weighted by atomic mass is 9.87. The monoisotopic (exact) mass is 357 g/mol. The van der Waals surface area contributed by atoms with Crippen molar-refractivity contribution in [3.63, 3.8) is 0 Å². The summed E-state index contributed by atoms with van der Waals surface area (Å²) in [5.41, 5.74) is 1.12. The second kappa shape index (κ2) is 6.55. The number of anilines is 1. The van der Waals surface area contributed by atoms with Crippen LogP contribution >= 0.6 is 0 Å². The predicted octanol–water partition coefficient (Wildman–Crippen LogP) is 2.87. The molecule has 1 atom stereocenters. The first kappa shape index (κ1) is 16.8. The number of nitrogens with zero attached hydrogens (tertiary/aromatic N) is 1. The van der Waals surface area contributed by atoms with E-state index in [1.165, 1.54) is 13.5 Å². The van der Waals surface area contributed by atoms with Gasteiger partial charge in [0.05, 0.1) is 18.7 Å². The van der Waals surface area contributed by atoms with Crippen LogP contribution in [0.2, 0.25) is 0 Å². The first-order valence-corrected chi connectivity index (χ1v) is 9.09. The van der Waals surface area contributed by atoms with E-state index in [-0.39, 0.29) is 35.6 Å². The number of amides is 1. The standard InChI is InChI=1S/C19H23N3O4/c1-26-15-8-7-11(9-14(15)23)13-10-16(24)20-18-17(13)19(25)21-22(18)12-5-3-2-4-6-12/h7-9,12-13,23H,2-6,10H2,1H3,(H,20,24)(H,21,25). The number of carbonyl (C=O) groups is 1. The second-order valence-electron chi connectivity index (χ2n) is 7.10. The number of benzene rings is 1. The van der Waals surface area contributed by atoms with Crippen LogP contribution in [0, 0.1) is 0 Å². The van der Waals surface area contributed by atoms with Crippen molar-refractivity contribution >= 4 is 11.7 Å². The van der Waals surface area contributed by atoms with E-state index in [1.807, 2.05) is 4.68 Å². The van der Waals surface area contributed by atoms with Crippen LogP contribution in [0.4, 0.5) is 5.82 Å². The van der Waals surface area contributed by atoms with Gasteiger partial charge in [0.2, 0.25) is 5.91 Å². The number of methoxy groups -OCH3 is 1. The van der Waals surface area contributed by atoms with Gasteiger partial charge < -0.3 is 15.2 Å². The molecule has 26 heavy (non-hydrogen) atoms. The normalized spacial score (nSPS) is 20.5. The highest BCUT2D eigenvalue weighted by Crippen LogP contribution is 2.40. The summed E-state index contributed by atoms with van der Waals surface area (Å²) in [6.07, 6.45) is 5.65. The van der Waals surface area contributed by atoms with Crippen molar-refractivity contribution in [3.8, 4) is 11.5 Å². The maximum Gasteiger partial charge on any atom is 0.270 e. The summed E-state index contributed by atoms with van der Waals surface area (Å²) in [5.74, 6) is 0.438. The Morgan fingerprint density at radius 2 is 1.96 bits per heavy atom. The minimum Gasteiger partial charge on any atom is -0.504 e. The number of ether oxygens (including phenoxy) is 1. The van der Waals surface area contributed by atoms with E-state index in [4.69, 9.17) is 4.74 Å². The van der Waals surface area contributed by atoms with Crippen LogP contribution in [0.15, 0.2) is 23.0 Å². The van der Waals surface area contributed by atoms with Crippen LogP contribution in [-0.2, 0) is 4.79 Å². The Hall–Kier alpha value is -2.70. The number of aromatic hydroxyl groups is 1. The Bertz CT molecular complexity index is 893. The molecule has 7 nitrogen and oxygen atoms in total. The number of carbonyl (C=O) groups excluding carboxylic acids is 1. The molecular formula is C19H23N3O4. The van der Waals surface area contributed by atoms with Gasteiger partial charge >= 0.3 is 0 Å². The fourth-order valence-corrected chi connectivity index (χ4v) is 4.21. The largest absolute Gasteiger partial charge is 0.504 e. The minimum atomic E-state index is -0.385. The molecule has 138 valence electrons. The van der Waals surface area contributed by atoms with Crippen LogP contribution in [-0.4, -0.2) is 27.9 Å². The molecule has 1 aliphatic carbocycles. The van der Waals surface area contributed by atoms with Crippen LogP contribution in [0.25, 0.3) is 0 Å². The molecule has 1 fully saturated rings. The van der Waals surface area contributed by atoms with Gasteiger partial charge in [0.25, 0.3) is 5.56 Å². The summed E-state index contributed by atoms with van der Waals surface area (Å²) in [5, 5.41) is 15.9. The van der Waals surface area contributed by atoms with Gasteiger partial charge in [0.1, 0.15) is 5.82 Å². The summed E-state index contributed by atoms with van der Waals surface area (Å²) in [7, 11) is 1.48. The van der Waals surface area contributed by atoms with E-state index in [0.717, 1.165) is 31.2 Å². The van der Waals surface area contributed by atoms with E-state index in [9.17, 15) is 14.7 Å². The van der Waals surface area contributed by atoms with Crippen molar-refractivity contribution < 1.29 is 14.6 Å². The highest BCUT2D eigenvalue weighted by molar-refractivity contribution is 5.94. The minimum absolute atomic E-state index is 0.000623. The molecule has 1 aromatic heterocycles. The van der Waals surface area contributed by atoms with Gasteiger partial charge in [-0.15, -0.1) is 0 Å². The van der Waals surface area contributed by atoms with Gasteiger partial charge in [0.15, 0.2) is 11.5 Å². The maximum atomic E-state index is 12.7. The van der Waals surface area contributed by atoms with E-state index in [2.05, 4.69) is 10.4 Å². The molecule has 2 aromatic rings. The lowest BCUT2D eigenvalue weighted by molar-refractivity contribution is -0.116. The molecule has 7 heteroatoms. The van der Waals surface area contributed by atoms with Crippen molar-refractivity contribution in [1.82, 2.24) is 9.78 Å². The summed E-state index contributed by atoms with van der Waals surface area (Å²) in [6, 6.07) is 5.23. The van der Waals surface area contributed by atoms with Crippen molar-refractivity contribution in [2.75, 3.05) is 12.4 Å². The molecule has 2 aliphatic rings. The van der Waals surface area contributed by atoms with E-state index < -0.39 is 0 Å². The Balaban J connectivity index is 1.78. The first-order chi connectivity index (χ1) is 12.6. The number of hydrogen-bond acceptors (Lipinski definition) is 4. The predicted molar refractivity (Wildman–Crippen MR) is 96.9 cm³/mol. The van der Waals surface area contributed by atoms with Crippen LogP contribution < -0.4 is 15.6 Å². The SMILES string of the molecule is COc1ccc(C2CC(=O)Nc3c2c(=O)[nH]n3C2CCCCC2)cc1O. The van der Waals surface area contributed by atoms with Gasteiger partial charge in [-0.05, 0) is 30.5 Å². The third-order valence-electron chi connectivity index (χ3n) is 5.50. The highest BCUT2D eigenvalue weighted by Gasteiger charge is 2.34. The van der Waals surface area contributed by atoms with Crippen LogP contribution in [0.5, 0.6) is 11.5 Å². The summed E-state index contributed by atoms with van der Waals surface area (Å²) >= 11 is 0. The number of nitrogens with one attached hydrogen (secondary N) is 2. The number of phenolic OH excluding ortho intramolecular Hbond substituents is 1. The summed E-state index contributed by atoms with van der Waals surface area (Å²) in [6.45, 7) is 0. The lowest BCUT2D eigenvalue weighted by Crippen LogP contribution is -2.27. The molecule has 1 saturated carbocycles. The van der Waals surface area contributed by atoms with Crippen molar-refractivity contribution in [1.29, 1.82) is 0 Å². The average molecular weight is 357 g/mol. The lowest BCUT2D eigenvalue weighted by Gasteiger charge is -2.28. The quantitative estimate of drug-likeness (QED) is 0.787. The van der Waals surface area contributed by atoms with E-state index in [1.54, 1.807) is 18.2 Å². The number of fused-ring (bicyclic) bond motifs is 1. The zero-order valence-corrected chi connectivity index (χ0v) is 14.7. The van der Waals surface area contributed by atoms with E-state index >= 15 is 0 Å². The zero-order valence-electron chi connectivity index (χ0n) is 14.7. The van der Waals surface area contributed by atoms with E-state index in [0.29, 0.717) is 17.1 Å². The highest BCUT2D eigenvalue weighted by atomic mass is 16.5. The summed E-state index contributed by atoms with van der Waals surface area (Å²) < 4.78 is 6.94. The summed E-state index contributed by atoms with van der Waals surface area (Å²) in [4.78, 5) is 25.0. The van der Waals surface area contributed by atoms with Crippen molar-refractivity contribution in [3.05, 3.63) is 39.7 Å². The molecule has 0 spiro atoms. The number of hydrogen-bond donors (Lipinski definition) is 3. The fourth-order valence-electron chi connectivity index (χ4n) is 4.21. The van der Waals surface area contributed by atoms with Crippen LogP contribution in [0.3, 0.4) is 0 Å². The molecule has 3 N–H and O–H groups in total. The fraction of sp³-hybridized carbons (Fsp3) is 0.474. The Kier molecular flexibility index (Phi) is 4.22. The molecule has 0 bridgehead atoms. The molecule has 1 amide bonds. The molecule has 1 aromatic carbocycles. The van der Waals surface area contributed by atoms with Gasteiger partial charge in [-0.25, -0.2) is 0 Å². The topological polar surface area (TPSA) is 96.4 Å². The first-order valence-electron chi connectivity index (χ1n) is 9.09. The molecule has 0 saturated heterocycles. The molecule has 4 rings (SSSR count). The second-order valence-corrected chi connectivity index (χ2v) is 7.10. The number of phenols is 1. The number of aromatic nitrogens is 2. The smallest absolute Gasteiger partial charge is 0.270 e. The third kappa shape index (κ3) is 2.77.